The van der Waals surface area contributed by atoms with Crippen molar-refractivity contribution in [1.29, 1.82) is 0 Å². The molecule has 4 N–H and O–H groups in total. The van der Waals surface area contributed by atoms with Gasteiger partial charge in [-0.3, -0.25) is 4.79 Å². The standard InChI is InChI=1S/C19H24N6O3S/c1-25-15-3-2-12(17(27)21-6-8-28-9-7-26)10-14(15)22-18(25)24-19-23-13-4-5-20-11-16(13)29-19/h2-3,10,20,26H,4-9,11H2,1H3,(H,21,27)(H,22,23,24). The Kier molecular flexibility index (Phi) is 6.05. The second-order valence-corrected chi connectivity index (χ2v) is 7.81. The summed E-state index contributed by atoms with van der Waals surface area (Å²) in [6.07, 6.45) is 0.944. The number of rotatable bonds is 8. The molecule has 0 atom stereocenters. The van der Waals surface area contributed by atoms with Crippen LogP contribution in [0.15, 0.2) is 18.2 Å². The number of carbonyl (C=O) groups excluding carboxylic acids is 1. The zero-order chi connectivity index (χ0) is 20.2. The molecule has 0 fully saturated rings. The molecule has 0 unspecified atom stereocenters. The van der Waals surface area contributed by atoms with Crippen molar-refractivity contribution in [3.63, 3.8) is 0 Å². The van der Waals surface area contributed by atoms with Crippen LogP contribution in [0.25, 0.3) is 11.0 Å². The average Bonchev–Trinajstić information content (AvgIpc) is 3.28. The van der Waals surface area contributed by atoms with E-state index in [-0.39, 0.29) is 19.1 Å². The molecular weight excluding hydrogens is 392 g/mol. The summed E-state index contributed by atoms with van der Waals surface area (Å²) in [6.45, 7) is 2.81. The van der Waals surface area contributed by atoms with E-state index in [0.717, 1.165) is 41.4 Å². The largest absolute Gasteiger partial charge is 0.394 e. The van der Waals surface area contributed by atoms with Crippen LogP contribution in [-0.4, -0.2) is 58.5 Å². The first-order valence-corrected chi connectivity index (χ1v) is 10.4. The van der Waals surface area contributed by atoms with Crippen molar-refractivity contribution in [2.24, 2.45) is 7.05 Å². The van der Waals surface area contributed by atoms with E-state index < -0.39 is 0 Å². The second kappa shape index (κ2) is 8.87. The van der Waals surface area contributed by atoms with E-state index in [1.807, 2.05) is 17.7 Å². The molecule has 1 aliphatic heterocycles. The molecule has 29 heavy (non-hydrogen) atoms. The molecule has 1 aromatic carbocycles. The molecule has 3 aromatic rings. The third-order valence-electron chi connectivity index (χ3n) is 4.73. The van der Waals surface area contributed by atoms with Crippen molar-refractivity contribution in [3.8, 4) is 0 Å². The maximum absolute atomic E-state index is 12.3. The third-order valence-corrected chi connectivity index (χ3v) is 5.74. The zero-order valence-corrected chi connectivity index (χ0v) is 17.0. The van der Waals surface area contributed by atoms with Crippen LogP contribution in [0, 0.1) is 0 Å². The molecule has 3 heterocycles. The Morgan fingerprint density at radius 1 is 1.38 bits per heavy atom. The number of carbonyl (C=O) groups is 1. The Morgan fingerprint density at radius 2 is 2.28 bits per heavy atom. The van der Waals surface area contributed by atoms with Gasteiger partial charge in [-0.1, -0.05) is 0 Å². The highest BCUT2D eigenvalue weighted by atomic mass is 32.1. The van der Waals surface area contributed by atoms with E-state index in [2.05, 4.69) is 25.9 Å². The third kappa shape index (κ3) is 4.40. The Labute approximate surface area is 172 Å². The summed E-state index contributed by atoms with van der Waals surface area (Å²) < 4.78 is 7.10. The van der Waals surface area contributed by atoms with Crippen LogP contribution in [0.1, 0.15) is 20.9 Å². The predicted octanol–water partition coefficient (Wildman–Crippen LogP) is 1.16. The molecule has 2 aromatic heterocycles. The summed E-state index contributed by atoms with van der Waals surface area (Å²) in [5.74, 6) is 0.508. The molecule has 10 heteroatoms. The second-order valence-electron chi connectivity index (χ2n) is 6.73. The Morgan fingerprint density at radius 3 is 3.10 bits per heavy atom. The lowest BCUT2D eigenvalue weighted by Crippen LogP contribution is -2.27. The molecule has 0 radical (unpaired) electrons. The Balaban J connectivity index is 1.47. The normalized spacial score (nSPS) is 13.4. The highest BCUT2D eigenvalue weighted by Gasteiger charge is 2.17. The van der Waals surface area contributed by atoms with Gasteiger partial charge in [0, 0.05) is 43.5 Å². The molecular formula is C19H24N6O3S. The van der Waals surface area contributed by atoms with Gasteiger partial charge in [-0.05, 0) is 18.2 Å². The fourth-order valence-electron chi connectivity index (χ4n) is 3.23. The van der Waals surface area contributed by atoms with Crippen LogP contribution >= 0.6 is 11.3 Å². The first kappa shape index (κ1) is 19.8. The number of aryl methyl sites for hydroxylation is 1. The molecule has 0 spiro atoms. The maximum Gasteiger partial charge on any atom is 0.251 e. The Hall–Kier alpha value is -2.53. The number of fused-ring (bicyclic) bond motifs is 2. The van der Waals surface area contributed by atoms with Crippen molar-refractivity contribution in [1.82, 2.24) is 25.2 Å². The van der Waals surface area contributed by atoms with Crippen molar-refractivity contribution >= 4 is 39.4 Å². The first-order valence-electron chi connectivity index (χ1n) is 9.55. The minimum Gasteiger partial charge on any atom is -0.394 e. The number of benzene rings is 1. The minimum atomic E-state index is -0.181. The van der Waals surface area contributed by atoms with E-state index in [1.165, 1.54) is 4.88 Å². The van der Waals surface area contributed by atoms with E-state index >= 15 is 0 Å². The number of hydrogen-bond donors (Lipinski definition) is 4. The van der Waals surface area contributed by atoms with E-state index in [4.69, 9.17) is 9.84 Å². The number of aliphatic hydroxyl groups excluding tert-OH is 1. The van der Waals surface area contributed by atoms with E-state index in [9.17, 15) is 4.79 Å². The summed E-state index contributed by atoms with van der Waals surface area (Å²) in [7, 11) is 1.94. The van der Waals surface area contributed by atoms with Gasteiger partial charge in [0.2, 0.25) is 5.95 Å². The summed E-state index contributed by atoms with van der Waals surface area (Å²) in [5.41, 5.74) is 3.36. The number of aromatic nitrogens is 3. The molecule has 1 aliphatic rings. The molecule has 9 nitrogen and oxygen atoms in total. The van der Waals surface area contributed by atoms with Gasteiger partial charge in [-0.25, -0.2) is 9.97 Å². The van der Waals surface area contributed by atoms with Gasteiger partial charge in [0.1, 0.15) is 0 Å². The van der Waals surface area contributed by atoms with Gasteiger partial charge in [0.15, 0.2) is 5.13 Å². The highest BCUT2D eigenvalue weighted by molar-refractivity contribution is 7.15. The van der Waals surface area contributed by atoms with E-state index in [0.29, 0.717) is 24.7 Å². The van der Waals surface area contributed by atoms with Crippen LogP contribution in [0.2, 0.25) is 0 Å². The fraction of sp³-hybridized carbons (Fsp3) is 0.421. The van der Waals surface area contributed by atoms with Crippen molar-refractivity contribution < 1.29 is 14.6 Å². The quantitative estimate of drug-likeness (QED) is 0.408. The van der Waals surface area contributed by atoms with Gasteiger partial charge in [-0.15, -0.1) is 11.3 Å². The predicted molar refractivity (Wildman–Crippen MR) is 112 cm³/mol. The van der Waals surface area contributed by atoms with Gasteiger partial charge < -0.3 is 30.4 Å². The molecule has 154 valence electrons. The van der Waals surface area contributed by atoms with Crippen molar-refractivity contribution in [2.45, 2.75) is 13.0 Å². The van der Waals surface area contributed by atoms with Gasteiger partial charge in [0.25, 0.3) is 5.91 Å². The summed E-state index contributed by atoms with van der Waals surface area (Å²) in [4.78, 5) is 22.9. The fourth-order valence-corrected chi connectivity index (χ4v) is 4.20. The Bertz CT molecular complexity index is 991. The number of ether oxygens (including phenoxy) is 1. The SMILES string of the molecule is Cn1c(Nc2nc3c(s2)CNCC3)nc2cc(C(=O)NCCOCCO)ccc21. The van der Waals surface area contributed by atoms with Crippen LogP contribution in [0.4, 0.5) is 11.1 Å². The van der Waals surface area contributed by atoms with Crippen molar-refractivity contribution in [3.05, 3.63) is 34.3 Å². The molecule has 1 amide bonds. The number of amides is 1. The molecule has 0 saturated carbocycles. The molecule has 4 rings (SSSR count). The number of imidazole rings is 1. The number of thiazole rings is 1. The monoisotopic (exact) mass is 416 g/mol. The topological polar surface area (TPSA) is 113 Å². The van der Waals surface area contributed by atoms with Crippen LogP contribution in [-0.2, 0) is 24.8 Å². The van der Waals surface area contributed by atoms with Crippen LogP contribution in [0.3, 0.4) is 0 Å². The van der Waals surface area contributed by atoms with Gasteiger partial charge in [0.05, 0.1) is 36.5 Å². The highest BCUT2D eigenvalue weighted by Crippen LogP contribution is 2.29. The number of anilines is 2. The van der Waals surface area contributed by atoms with E-state index in [1.54, 1.807) is 23.5 Å². The van der Waals surface area contributed by atoms with Crippen LogP contribution in [0.5, 0.6) is 0 Å². The lowest BCUT2D eigenvalue weighted by Gasteiger charge is -2.09. The smallest absolute Gasteiger partial charge is 0.251 e. The van der Waals surface area contributed by atoms with Gasteiger partial charge in [-0.2, -0.15) is 0 Å². The minimum absolute atomic E-state index is 0.0266. The first-order chi connectivity index (χ1) is 14.2. The van der Waals surface area contributed by atoms with Crippen LogP contribution < -0.4 is 16.0 Å². The number of hydrogen-bond acceptors (Lipinski definition) is 8. The maximum atomic E-state index is 12.3. The molecule has 0 aliphatic carbocycles. The average molecular weight is 417 g/mol. The van der Waals surface area contributed by atoms with Crippen molar-refractivity contribution in [2.75, 3.05) is 38.2 Å². The zero-order valence-electron chi connectivity index (χ0n) is 16.2. The summed E-state index contributed by atoms with van der Waals surface area (Å²) >= 11 is 1.64. The number of nitrogens with one attached hydrogen (secondary N) is 3. The summed E-state index contributed by atoms with van der Waals surface area (Å²) in [5, 5.41) is 19.0. The number of nitrogens with zero attached hydrogens (tertiary/aromatic N) is 3. The number of aliphatic hydroxyl groups is 1. The lowest BCUT2D eigenvalue weighted by atomic mass is 10.2. The van der Waals surface area contributed by atoms with Gasteiger partial charge >= 0.3 is 0 Å². The lowest BCUT2D eigenvalue weighted by molar-refractivity contribution is 0.0838. The molecule has 0 saturated heterocycles. The summed E-state index contributed by atoms with van der Waals surface area (Å²) in [6, 6.07) is 5.45. The molecule has 0 bridgehead atoms.